The van der Waals surface area contributed by atoms with Crippen LogP contribution < -0.4 is 5.32 Å². The molecule has 0 radical (unpaired) electrons. The average molecular weight is 332 g/mol. The van der Waals surface area contributed by atoms with Crippen LogP contribution in [0, 0.1) is 0 Å². The molecule has 1 aliphatic carbocycles. The van der Waals surface area contributed by atoms with Crippen LogP contribution in [0.25, 0.3) is 0 Å². The number of anilines is 2. The molecule has 0 atom stereocenters. The molecule has 4 heteroatoms. The number of aromatic nitrogens is 3. The van der Waals surface area contributed by atoms with Gasteiger partial charge < -0.3 is 5.32 Å². The molecule has 0 amide bonds. The monoisotopic (exact) mass is 332 g/mol. The smallest absolute Gasteiger partial charge is 0.153 e. The molecule has 1 aromatic carbocycles. The van der Waals surface area contributed by atoms with E-state index in [1.807, 2.05) is 12.3 Å². The summed E-state index contributed by atoms with van der Waals surface area (Å²) in [6, 6.07) is 16.8. The van der Waals surface area contributed by atoms with E-state index in [1.165, 1.54) is 48.9 Å². The van der Waals surface area contributed by atoms with Crippen LogP contribution in [-0.2, 0) is 6.42 Å². The van der Waals surface area contributed by atoms with Gasteiger partial charge in [0.1, 0.15) is 5.82 Å². The van der Waals surface area contributed by atoms with E-state index in [-0.39, 0.29) is 0 Å². The number of benzene rings is 1. The summed E-state index contributed by atoms with van der Waals surface area (Å²) in [6.45, 7) is 0. The minimum absolute atomic E-state index is 0.633. The van der Waals surface area contributed by atoms with Crippen molar-refractivity contribution in [1.82, 2.24) is 15.2 Å². The number of rotatable bonds is 5. The van der Waals surface area contributed by atoms with Gasteiger partial charge in [-0.3, -0.25) is 5.10 Å². The zero-order chi connectivity index (χ0) is 16.9. The molecule has 1 saturated carbocycles. The molecule has 4 nitrogen and oxygen atoms in total. The molecule has 0 aliphatic heterocycles. The van der Waals surface area contributed by atoms with Crippen LogP contribution in [0.2, 0.25) is 0 Å². The van der Waals surface area contributed by atoms with E-state index in [4.69, 9.17) is 0 Å². The van der Waals surface area contributed by atoms with Gasteiger partial charge in [0.05, 0.1) is 0 Å². The molecule has 0 saturated heterocycles. The second-order valence-electron chi connectivity index (χ2n) is 6.88. The predicted octanol–water partition coefficient (Wildman–Crippen LogP) is 5.19. The molecule has 0 bridgehead atoms. The SMILES string of the molecule is c1ccc(Cc2ccnc(Nc3cc(C4CCCCC4)[nH]n3)c2)cc1. The quantitative estimate of drug-likeness (QED) is 0.676. The number of aromatic amines is 1. The molecular weight excluding hydrogens is 308 g/mol. The maximum Gasteiger partial charge on any atom is 0.153 e. The van der Waals surface area contributed by atoms with Crippen LogP contribution in [0.5, 0.6) is 0 Å². The van der Waals surface area contributed by atoms with Crippen molar-refractivity contribution in [2.24, 2.45) is 0 Å². The Morgan fingerprint density at radius 1 is 0.920 bits per heavy atom. The highest BCUT2D eigenvalue weighted by Gasteiger charge is 2.17. The molecule has 128 valence electrons. The van der Waals surface area contributed by atoms with E-state index in [2.05, 4.69) is 63.0 Å². The van der Waals surface area contributed by atoms with Gasteiger partial charge in [-0.05, 0) is 42.5 Å². The number of nitrogens with zero attached hydrogens (tertiary/aromatic N) is 2. The third-order valence-electron chi connectivity index (χ3n) is 4.97. The Labute approximate surface area is 148 Å². The number of pyridine rings is 1. The Balaban J connectivity index is 1.44. The topological polar surface area (TPSA) is 53.6 Å². The van der Waals surface area contributed by atoms with Gasteiger partial charge >= 0.3 is 0 Å². The van der Waals surface area contributed by atoms with Gasteiger partial charge in [0.2, 0.25) is 0 Å². The van der Waals surface area contributed by atoms with Crippen LogP contribution in [0.15, 0.2) is 54.7 Å². The molecule has 1 fully saturated rings. The van der Waals surface area contributed by atoms with Gasteiger partial charge in [0.15, 0.2) is 5.82 Å². The summed E-state index contributed by atoms with van der Waals surface area (Å²) in [6.07, 6.45) is 9.33. The van der Waals surface area contributed by atoms with E-state index < -0.39 is 0 Å². The average Bonchev–Trinajstić information content (AvgIpc) is 3.12. The molecule has 2 aromatic heterocycles. The molecule has 3 aromatic rings. The third-order valence-corrected chi connectivity index (χ3v) is 4.97. The molecular formula is C21H24N4. The zero-order valence-electron chi connectivity index (χ0n) is 14.4. The molecule has 4 rings (SSSR count). The molecule has 1 aliphatic rings. The highest BCUT2D eigenvalue weighted by atomic mass is 15.2. The van der Waals surface area contributed by atoms with Crippen LogP contribution in [-0.4, -0.2) is 15.2 Å². The summed E-state index contributed by atoms with van der Waals surface area (Å²) in [4.78, 5) is 4.43. The van der Waals surface area contributed by atoms with E-state index in [0.29, 0.717) is 5.92 Å². The maximum atomic E-state index is 4.43. The molecule has 2 N–H and O–H groups in total. The van der Waals surface area contributed by atoms with Gasteiger partial charge in [-0.2, -0.15) is 5.10 Å². The van der Waals surface area contributed by atoms with E-state index in [1.54, 1.807) is 0 Å². The first-order valence-electron chi connectivity index (χ1n) is 9.18. The Hall–Kier alpha value is -2.62. The lowest BCUT2D eigenvalue weighted by Gasteiger charge is -2.19. The predicted molar refractivity (Wildman–Crippen MR) is 101 cm³/mol. The Morgan fingerprint density at radius 3 is 2.60 bits per heavy atom. The first-order chi connectivity index (χ1) is 12.4. The summed E-state index contributed by atoms with van der Waals surface area (Å²) in [7, 11) is 0. The van der Waals surface area contributed by atoms with Gasteiger partial charge in [0, 0.05) is 23.9 Å². The van der Waals surface area contributed by atoms with Crippen molar-refractivity contribution < 1.29 is 0 Å². The highest BCUT2D eigenvalue weighted by Crippen LogP contribution is 2.32. The lowest BCUT2D eigenvalue weighted by atomic mass is 9.87. The number of hydrogen-bond donors (Lipinski definition) is 2. The van der Waals surface area contributed by atoms with Crippen molar-refractivity contribution in [3.05, 3.63) is 71.5 Å². The minimum atomic E-state index is 0.633. The third kappa shape index (κ3) is 4.08. The van der Waals surface area contributed by atoms with Crippen LogP contribution in [0.4, 0.5) is 11.6 Å². The van der Waals surface area contributed by atoms with E-state index >= 15 is 0 Å². The number of nitrogens with one attached hydrogen (secondary N) is 2. The van der Waals surface area contributed by atoms with Crippen LogP contribution in [0.1, 0.15) is 54.8 Å². The molecule has 25 heavy (non-hydrogen) atoms. The number of H-pyrrole nitrogens is 1. The largest absolute Gasteiger partial charge is 0.323 e. The molecule has 0 spiro atoms. The van der Waals surface area contributed by atoms with Gasteiger partial charge in [-0.25, -0.2) is 4.98 Å². The summed E-state index contributed by atoms with van der Waals surface area (Å²) < 4.78 is 0. The van der Waals surface area contributed by atoms with Crippen molar-refractivity contribution in [3.63, 3.8) is 0 Å². The fraction of sp³-hybridized carbons (Fsp3) is 0.333. The Kier molecular flexibility index (Phi) is 4.77. The Morgan fingerprint density at radius 2 is 1.76 bits per heavy atom. The van der Waals surface area contributed by atoms with Crippen LogP contribution in [0.3, 0.4) is 0 Å². The second kappa shape index (κ2) is 7.51. The fourth-order valence-electron chi connectivity index (χ4n) is 3.64. The molecule has 2 heterocycles. The van der Waals surface area contributed by atoms with Gasteiger partial charge in [0.25, 0.3) is 0 Å². The van der Waals surface area contributed by atoms with E-state index in [0.717, 1.165) is 18.1 Å². The summed E-state index contributed by atoms with van der Waals surface area (Å²) in [5.74, 6) is 2.33. The first-order valence-corrected chi connectivity index (χ1v) is 9.18. The minimum Gasteiger partial charge on any atom is -0.323 e. The lowest BCUT2D eigenvalue weighted by Crippen LogP contribution is -2.04. The van der Waals surface area contributed by atoms with Crippen molar-refractivity contribution in [3.8, 4) is 0 Å². The Bertz CT molecular complexity index is 804. The maximum absolute atomic E-state index is 4.43. The van der Waals surface area contributed by atoms with Crippen molar-refractivity contribution >= 4 is 11.6 Å². The number of hydrogen-bond acceptors (Lipinski definition) is 3. The van der Waals surface area contributed by atoms with Crippen molar-refractivity contribution in [2.45, 2.75) is 44.4 Å². The second-order valence-corrected chi connectivity index (χ2v) is 6.88. The van der Waals surface area contributed by atoms with Gasteiger partial charge in [-0.15, -0.1) is 0 Å². The van der Waals surface area contributed by atoms with Gasteiger partial charge in [-0.1, -0.05) is 49.6 Å². The summed E-state index contributed by atoms with van der Waals surface area (Å²) >= 11 is 0. The van der Waals surface area contributed by atoms with E-state index in [9.17, 15) is 0 Å². The zero-order valence-corrected chi connectivity index (χ0v) is 14.4. The standard InChI is InChI=1S/C21H24N4/c1-3-7-16(8-4-1)13-17-11-12-22-20(14-17)23-21-15-19(24-25-21)18-9-5-2-6-10-18/h1,3-4,7-8,11-12,14-15,18H,2,5-6,9-10,13H2,(H2,22,23,24,25). The van der Waals surface area contributed by atoms with Crippen molar-refractivity contribution in [1.29, 1.82) is 0 Å². The normalized spacial score (nSPS) is 15.2. The fourth-order valence-corrected chi connectivity index (χ4v) is 3.64. The summed E-state index contributed by atoms with van der Waals surface area (Å²) in [5, 5.41) is 11.0. The lowest BCUT2D eigenvalue weighted by molar-refractivity contribution is 0.436. The molecule has 0 unspecified atom stereocenters. The summed E-state index contributed by atoms with van der Waals surface area (Å²) in [5.41, 5.74) is 3.80. The highest BCUT2D eigenvalue weighted by molar-refractivity contribution is 5.53. The van der Waals surface area contributed by atoms with Crippen molar-refractivity contribution in [2.75, 3.05) is 5.32 Å². The van der Waals surface area contributed by atoms with Crippen LogP contribution >= 0.6 is 0 Å². The first kappa shape index (κ1) is 15.9.